The van der Waals surface area contributed by atoms with Crippen molar-refractivity contribution in [1.29, 1.82) is 0 Å². The van der Waals surface area contributed by atoms with E-state index < -0.39 is 0 Å². The number of pyridine rings is 1. The van der Waals surface area contributed by atoms with E-state index in [4.69, 9.17) is 0 Å². The molecule has 0 saturated carbocycles. The van der Waals surface area contributed by atoms with E-state index in [1.165, 1.54) is 5.56 Å². The molecular weight excluding hydrogens is 321 g/mol. The van der Waals surface area contributed by atoms with E-state index >= 15 is 0 Å². The fourth-order valence-corrected chi connectivity index (χ4v) is 2.49. The van der Waals surface area contributed by atoms with E-state index in [1.54, 1.807) is 17.3 Å². The maximum atomic E-state index is 12.4. The van der Waals surface area contributed by atoms with Gasteiger partial charge in [0.15, 0.2) is 0 Å². The second-order valence-corrected chi connectivity index (χ2v) is 5.07. The van der Waals surface area contributed by atoms with Gasteiger partial charge in [-0.2, -0.15) is 0 Å². The largest absolute Gasteiger partial charge is 0.384 e. The van der Waals surface area contributed by atoms with Crippen LogP contribution in [0.3, 0.4) is 0 Å². The van der Waals surface area contributed by atoms with Gasteiger partial charge in [-0.15, -0.1) is 24.8 Å². The highest BCUT2D eigenvalue weighted by Gasteiger charge is 2.16. The van der Waals surface area contributed by atoms with Crippen LogP contribution in [0.15, 0.2) is 42.7 Å². The van der Waals surface area contributed by atoms with E-state index in [2.05, 4.69) is 10.3 Å². The van der Waals surface area contributed by atoms with E-state index in [1.807, 2.05) is 37.4 Å². The van der Waals surface area contributed by atoms with Crippen molar-refractivity contribution in [3.63, 3.8) is 0 Å². The molecule has 0 aliphatic carbocycles. The summed E-state index contributed by atoms with van der Waals surface area (Å²) in [5.74, 6) is 0.0523. The van der Waals surface area contributed by atoms with Gasteiger partial charge in [-0.1, -0.05) is 0 Å². The molecule has 0 bridgehead atoms. The quantitative estimate of drug-likeness (QED) is 0.934. The first-order valence-electron chi connectivity index (χ1n) is 6.75. The Bertz CT molecular complexity index is 635. The Hall–Kier alpha value is -1.78. The zero-order valence-corrected chi connectivity index (χ0v) is 13.9. The Morgan fingerprint density at radius 1 is 1.23 bits per heavy atom. The lowest BCUT2D eigenvalue weighted by Gasteiger charge is -2.17. The predicted molar refractivity (Wildman–Crippen MR) is 93.2 cm³/mol. The zero-order chi connectivity index (χ0) is 13.9. The van der Waals surface area contributed by atoms with Crippen LogP contribution in [0.4, 0.5) is 5.69 Å². The Balaban J connectivity index is 0.00000121. The molecule has 1 aromatic heterocycles. The number of aromatic nitrogens is 1. The molecule has 1 aromatic carbocycles. The van der Waals surface area contributed by atoms with Crippen LogP contribution in [0.2, 0.25) is 0 Å². The molecule has 1 amide bonds. The van der Waals surface area contributed by atoms with Crippen LogP contribution in [0.5, 0.6) is 0 Å². The first-order valence-corrected chi connectivity index (χ1v) is 6.75. The van der Waals surface area contributed by atoms with E-state index in [9.17, 15) is 4.79 Å². The smallest absolute Gasteiger partial charge is 0.253 e. The molecule has 0 unspecified atom stereocenters. The zero-order valence-electron chi connectivity index (χ0n) is 12.3. The highest BCUT2D eigenvalue weighted by atomic mass is 35.5. The third kappa shape index (κ3) is 3.90. The Morgan fingerprint density at radius 2 is 1.95 bits per heavy atom. The average Bonchev–Trinajstić information content (AvgIpc) is 2.94. The van der Waals surface area contributed by atoms with Crippen LogP contribution in [0, 0.1) is 0 Å². The standard InChI is InChI=1S/C16H17N3O.2ClH/c1-19(11-12-4-7-17-8-5-12)16(20)14-2-3-15-13(10-14)6-9-18-15;;/h2-5,7-8,10,18H,6,9,11H2,1H3;2*1H. The molecule has 0 radical (unpaired) electrons. The summed E-state index contributed by atoms with van der Waals surface area (Å²) in [5, 5.41) is 3.30. The SMILES string of the molecule is CN(Cc1ccncc1)C(=O)c1ccc2c(c1)CCN2.Cl.Cl. The van der Waals surface area contributed by atoms with E-state index in [0.29, 0.717) is 6.54 Å². The third-order valence-electron chi connectivity index (χ3n) is 3.58. The van der Waals surface area contributed by atoms with Gasteiger partial charge in [0.2, 0.25) is 0 Å². The number of rotatable bonds is 3. The highest BCUT2D eigenvalue weighted by molar-refractivity contribution is 5.94. The van der Waals surface area contributed by atoms with E-state index in [0.717, 1.165) is 29.8 Å². The van der Waals surface area contributed by atoms with Crippen molar-refractivity contribution in [1.82, 2.24) is 9.88 Å². The third-order valence-corrected chi connectivity index (χ3v) is 3.58. The van der Waals surface area contributed by atoms with Crippen LogP contribution in [0.25, 0.3) is 0 Å². The Labute approximate surface area is 142 Å². The van der Waals surface area contributed by atoms with Crippen LogP contribution in [-0.4, -0.2) is 29.4 Å². The van der Waals surface area contributed by atoms with Crippen molar-refractivity contribution in [2.75, 3.05) is 18.9 Å². The van der Waals surface area contributed by atoms with Crippen molar-refractivity contribution in [2.24, 2.45) is 0 Å². The lowest BCUT2D eigenvalue weighted by molar-refractivity contribution is 0.0785. The number of benzene rings is 1. The van der Waals surface area contributed by atoms with Crippen LogP contribution < -0.4 is 5.32 Å². The minimum Gasteiger partial charge on any atom is -0.384 e. The van der Waals surface area contributed by atoms with Crippen molar-refractivity contribution in [3.05, 3.63) is 59.4 Å². The Kier molecular flexibility index (Phi) is 6.65. The normalized spacial score (nSPS) is 11.5. The number of hydrogen-bond donors (Lipinski definition) is 1. The summed E-state index contributed by atoms with van der Waals surface area (Å²) in [7, 11) is 1.83. The fraction of sp³-hybridized carbons (Fsp3) is 0.250. The molecule has 3 rings (SSSR count). The molecule has 4 nitrogen and oxygen atoms in total. The number of halogens is 2. The summed E-state index contributed by atoms with van der Waals surface area (Å²) < 4.78 is 0. The highest BCUT2D eigenvalue weighted by Crippen LogP contribution is 2.23. The maximum Gasteiger partial charge on any atom is 0.253 e. The predicted octanol–water partition coefficient (Wildman–Crippen LogP) is 3.17. The Morgan fingerprint density at radius 3 is 2.68 bits per heavy atom. The molecule has 0 fully saturated rings. The monoisotopic (exact) mass is 339 g/mol. The second-order valence-electron chi connectivity index (χ2n) is 5.07. The van der Waals surface area contributed by atoms with Crippen molar-refractivity contribution >= 4 is 36.4 Å². The van der Waals surface area contributed by atoms with E-state index in [-0.39, 0.29) is 30.7 Å². The van der Waals surface area contributed by atoms with Gasteiger partial charge in [0.25, 0.3) is 5.91 Å². The number of nitrogens with one attached hydrogen (secondary N) is 1. The first-order chi connectivity index (χ1) is 9.74. The lowest BCUT2D eigenvalue weighted by Crippen LogP contribution is -2.26. The van der Waals surface area contributed by atoms with Gasteiger partial charge in [-0.05, 0) is 47.9 Å². The van der Waals surface area contributed by atoms with Gasteiger partial charge in [0.1, 0.15) is 0 Å². The summed E-state index contributed by atoms with van der Waals surface area (Å²) in [6.45, 7) is 1.55. The minimum atomic E-state index is 0. The van der Waals surface area contributed by atoms with Crippen LogP contribution in [-0.2, 0) is 13.0 Å². The molecule has 2 heterocycles. The molecular formula is C16H19Cl2N3O. The lowest BCUT2D eigenvalue weighted by atomic mass is 10.1. The van der Waals surface area contributed by atoms with Crippen LogP contribution >= 0.6 is 24.8 Å². The maximum absolute atomic E-state index is 12.4. The summed E-state index contributed by atoms with van der Waals surface area (Å²) in [6.07, 6.45) is 4.48. The van der Waals surface area contributed by atoms with Crippen LogP contribution in [0.1, 0.15) is 21.5 Å². The molecule has 0 spiro atoms. The number of hydrogen-bond acceptors (Lipinski definition) is 3. The molecule has 1 aliphatic rings. The number of nitrogens with zero attached hydrogens (tertiary/aromatic N) is 2. The van der Waals surface area contributed by atoms with Gasteiger partial charge in [0, 0.05) is 43.8 Å². The fourth-order valence-electron chi connectivity index (χ4n) is 2.49. The van der Waals surface area contributed by atoms with Gasteiger partial charge >= 0.3 is 0 Å². The van der Waals surface area contributed by atoms with Crippen molar-refractivity contribution in [2.45, 2.75) is 13.0 Å². The molecule has 2 aromatic rings. The van der Waals surface area contributed by atoms with Gasteiger partial charge in [-0.25, -0.2) is 0 Å². The topological polar surface area (TPSA) is 45.2 Å². The summed E-state index contributed by atoms with van der Waals surface area (Å²) >= 11 is 0. The molecule has 1 aliphatic heterocycles. The molecule has 0 saturated heterocycles. The summed E-state index contributed by atoms with van der Waals surface area (Å²) in [6, 6.07) is 9.74. The van der Waals surface area contributed by atoms with Gasteiger partial charge in [0.05, 0.1) is 0 Å². The first kappa shape index (κ1) is 18.3. The molecule has 118 valence electrons. The minimum absolute atomic E-state index is 0. The number of carbonyl (C=O) groups is 1. The van der Waals surface area contributed by atoms with Gasteiger partial charge < -0.3 is 10.2 Å². The number of carbonyl (C=O) groups excluding carboxylic acids is 1. The molecule has 1 N–H and O–H groups in total. The van der Waals surface area contributed by atoms with Crippen molar-refractivity contribution < 1.29 is 4.79 Å². The van der Waals surface area contributed by atoms with Crippen molar-refractivity contribution in [3.8, 4) is 0 Å². The summed E-state index contributed by atoms with van der Waals surface area (Å²) in [5.41, 5.74) is 4.22. The second kappa shape index (κ2) is 8.01. The van der Waals surface area contributed by atoms with Gasteiger partial charge in [-0.3, -0.25) is 9.78 Å². The number of amides is 1. The number of anilines is 1. The molecule has 0 atom stereocenters. The number of fused-ring (bicyclic) bond motifs is 1. The molecule has 6 heteroatoms. The average molecular weight is 340 g/mol. The summed E-state index contributed by atoms with van der Waals surface area (Å²) in [4.78, 5) is 18.2. The molecule has 22 heavy (non-hydrogen) atoms.